The predicted octanol–water partition coefficient (Wildman–Crippen LogP) is 1.54. The fourth-order valence-electron chi connectivity index (χ4n) is 0.846. The van der Waals surface area contributed by atoms with Crippen LogP contribution in [0.1, 0.15) is 32.6 Å². The van der Waals surface area contributed by atoms with Gasteiger partial charge in [-0.2, -0.15) is 0 Å². The maximum absolute atomic E-state index is 5.34. The lowest BCUT2D eigenvalue weighted by Crippen LogP contribution is -1.98. The van der Waals surface area contributed by atoms with E-state index in [1.165, 1.54) is 19.3 Å². The van der Waals surface area contributed by atoms with E-state index < -0.39 is 0 Å². The van der Waals surface area contributed by atoms with Crippen LogP contribution in [0.2, 0.25) is 0 Å². The Balaban J connectivity index is 2.65. The monoisotopic (exact) mass is 145 g/mol. The van der Waals surface area contributed by atoms with Gasteiger partial charge in [-0.25, -0.2) is 0 Å². The molecule has 2 heteroatoms. The van der Waals surface area contributed by atoms with Crippen molar-refractivity contribution in [1.29, 1.82) is 0 Å². The second kappa shape index (κ2) is 8.92. The summed E-state index contributed by atoms with van der Waals surface area (Å²) in [6, 6.07) is 0. The Morgan fingerprint density at radius 2 is 1.80 bits per heavy atom. The Hall–Kier alpha value is -0.0800. The molecule has 0 amide bonds. The van der Waals surface area contributed by atoms with Crippen LogP contribution < -0.4 is 5.73 Å². The number of unbranched alkanes of at least 4 members (excludes halogenated alkanes) is 3. The molecule has 0 saturated carbocycles. The molecule has 0 aromatic rings. The molecule has 62 valence electrons. The summed E-state index contributed by atoms with van der Waals surface area (Å²) in [6.45, 7) is 4.62. The topological polar surface area (TPSA) is 35.2 Å². The summed E-state index contributed by atoms with van der Waals surface area (Å²) >= 11 is 0. The summed E-state index contributed by atoms with van der Waals surface area (Å²) in [5, 5.41) is 0. The number of hydrogen-bond acceptors (Lipinski definition) is 2. The SMILES string of the molecule is CCOCCCCCCN. The van der Waals surface area contributed by atoms with E-state index >= 15 is 0 Å². The molecular formula is C8H19NO. The van der Waals surface area contributed by atoms with Crippen molar-refractivity contribution >= 4 is 0 Å². The molecule has 2 N–H and O–H groups in total. The first-order chi connectivity index (χ1) is 4.91. The molecule has 2 nitrogen and oxygen atoms in total. The molecule has 0 atom stereocenters. The van der Waals surface area contributed by atoms with Gasteiger partial charge in [-0.05, 0) is 26.3 Å². The first-order valence-electron chi connectivity index (χ1n) is 4.19. The van der Waals surface area contributed by atoms with Crippen LogP contribution in [0.3, 0.4) is 0 Å². The zero-order valence-electron chi connectivity index (χ0n) is 6.94. The van der Waals surface area contributed by atoms with Gasteiger partial charge in [0, 0.05) is 13.2 Å². The van der Waals surface area contributed by atoms with Crippen LogP contribution in [0.5, 0.6) is 0 Å². The summed E-state index contributed by atoms with van der Waals surface area (Å²) in [4.78, 5) is 0. The van der Waals surface area contributed by atoms with Crippen molar-refractivity contribution in [3.8, 4) is 0 Å². The van der Waals surface area contributed by atoms with E-state index in [0.29, 0.717) is 0 Å². The van der Waals surface area contributed by atoms with E-state index in [-0.39, 0.29) is 0 Å². The van der Waals surface area contributed by atoms with Gasteiger partial charge >= 0.3 is 0 Å². The van der Waals surface area contributed by atoms with Gasteiger partial charge in [0.05, 0.1) is 0 Å². The molecule has 0 aliphatic heterocycles. The summed E-state index contributed by atoms with van der Waals surface area (Å²) < 4.78 is 5.18. The normalized spacial score (nSPS) is 10.2. The molecule has 0 fully saturated rings. The molecule has 0 aromatic heterocycles. The molecule has 10 heavy (non-hydrogen) atoms. The van der Waals surface area contributed by atoms with Crippen molar-refractivity contribution in [2.75, 3.05) is 19.8 Å². The average Bonchev–Trinajstić information content (AvgIpc) is 1.97. The molecule has 0 aromatic carbocycles. The van der Waals surface area contributed by atoms with Crippen molar-refractivity contribution in [2.45, 2.75) is 32.6 Å². The Bertz CT molecular complexity index is 49.2. The van der Waals surface area contributed by atoms with Gasteiger partial charge in [0.2, 0.25) is 0 Å². The zero-order valence-corrected chi connectivity index (χ0v) is 6.94. The summed E-state index contributed by atoms with van der Waals surface area (Å²) in [7, 11) is 0. The Kier molecular flexibility index (Phi) is 8.85. The summed E-state index contributed by atoms with van der Waals surface area (Å²) in [5.74, 6) is 0. The second-order valence-corrected chi connectivity index (χ2v) is 2.40. The van der Waals surface area contributed by atoms with Gasteiger partial charge in [0.1, 0.15) is 0 Å². The van der Waals surface area contributed by atoms with Crippen LogP contribution in [-0.2, 0) is 4.74 Å². The van der Waals surface area contributed by atoms with E-state index in [4.69, 9.17) is 10.5 Å². The van der Waals surface area contributed by atoms with Crippen molar-refractivity contribution in [3.05, 3.63) is 0 Å². The quantitative estimate of drug-likeness (QED) is 0.551. The minimum Gasteiger partial charge on any atom is -0.382 e. The average molecular weight is 145 g/mol. The third kappa shape index (κ3) is 7.92. The summed E-state index contributed by atoms with van der Waals surface area (Å²) in [5.41, 5.74) is 5.34. The highest BCUT2D eigenvalue weighted by Gasteiger charge is 1.87. The van der Waals surface area contributed by atoms with Crippen LogP contribution in [0.4, 0.5) is 0 Å². The number of nitrogens with two attached hydrogens (primary N) is 1. The van der Waals surface area contributed by atoms with Gasteiger partial charge in [0.15, 0.2) is 0 Å². The van der Waals surface area contributed by atoms with E-state index in [1.807, 2.05) is 6.92 Å². The third-order valence-electron chi connectivity index (χ3n) is 1.45. The molecule has 0 spiro atoms. The number of rotatable bonds is 7. The van der Waals surface area contributed by atoms with E-state index in [9.17, 15) is 0 Å². The van der Waals surface area contributed by atoms with Crippen molar-refractivity contribution in [3.63, 3.8) is 0 Å². The van der Waals surface area contributed by atoms with Crippen molar-refractivity contribution in [2.24, 2.45) is 5.73 Å². The zero-order chi connectivity index (χ0) is 7.66. The number of hydrogen-bond donors (Lipinski definition) is 1. The van der Waals surface area contributed by atoms with E-state index in [1.54, 1.807) is 0 Å². The fraction of sp³-hybridized carbons (Fsp3) is 1.00. The Labute approximate surface area is 63.7 Å². The maximum atomic E-state index is 5.34. The minimum absolute atomic E-state index is 0.828. The fourth-order valence-corrected chi connectivity index (χ4v) is 0.846. The summed E-state index contributed by atoms with van der Waals surface area (Å²) in [6.07, 6.45) is 4.86. The molecule has 0 unspecified atom stereocenters. The molecule has 0 saturated heterocycles. The lowest BCUT2D eigenvalue weighted by Gasteiger charge is -1.99. The smallest absolute Gasteiger partial charge is 0.0465 e. The van der Waals surface area contributed by atoms with Crippen LogP contribution in [0.25, 0.3) is 0 Å². The predicted molar refractivity (Wildman–Crippen MR) is 44.0 cm³/mol. The molecule has 0 radical (unpaired) electrons. The van der Waals surface area contributed by atoms with Crippen LogP contribution in [0.15, 0.2) is 0 Å². The van der Waals surface area contributed by atoms with E-state index in [0.717, 1.165) is 26.2 Å². The van der Waals surface area contributed by atoms with Crippen LogP contribution >= 0.6 is 0 Å². The largest absolute Gasteiger partial charge is 0.382 e. The molecular weight excluding hydrogens is 126 g/mol. The maximum Gasteiger partial charge on any atom is 0.0465 e. The van der Waals surface area contributed by atoms with Gasteiger partial charge in [-0.15, -0.1) is 0 Å². The number of ether oxygens (including phenoxy) is 1. The van der Waals surface area contributed by atoms with E-state index in [2.05, 4.69) is 0 Å². The first-order valence-corrected chi connectivity index (χ1v) is 4.19. The highest BCUT2D eigenvalue weighted by atomic mass is 16.5. The Morgan fingerprint density at radius 1 is 1.10 bits per heavy atom. The van der Waals surface area contributed by atoms with Crippen molar-refractivity contribution < 1.29 is 4.74 Å². The van der Waals surface area contributed by atoms with Crippen LogP contribution in [0, 0.1) is 0 Å². The Morgan fingerprint density at radius 3 is 2.40 bits per heavy atom. The molecule has 0 bridgehead atoms. The molecule has 0 heterocycles. The van der Waals surface area contributed by atoms with Gasteiger partial charge in [-0.1, -0.05) is 12.8 Å². The molecule has 0 aliphatic rings. The second-order valence-electron chi connectivity index (χ2n) is 2.40. The molecule has 0 aliphatic carbocycles. The van der Waals surface area contributed by atoms with Gasteiger partial charge in [0.25, 0.3) is 0 Å². The standard InChI is InChI=1S/C8H19NO/c1-2-10-8-6-4-3-5-7-9/h2-9H2,1H3. The lowest BCUT2D eigenvalue weighted by atomic mass is 10.2. The van der Waals surface area contributed by atoms with Gasteiger partial charge in [-0.3, -0.25) is 0 Å². The van der Waals surface area contributed by atoms with Crippen LogP contribution in [-0.4, -0.2) is 19.8 Å². The van der Waals surface area contributed by atoms with Crippen molar-refractivity contribution in [1.82, 2.24) is 0 Å². The first kappa shape index (κ1) is 9.92. The van der Waals surface area contributed by atoms with Gasteiger partial charge < -0.3 is 10.5 Å². The molecule has 0 rings (SSSR count). The highest BCUT2D eigenvalue weighted by molar-refractivity contribution is 4.42. The lowest BCUT2D eigenvalue weighted by molar-refractivity contribution is 0.143. The minimum atomic E-state index is 0.828. The third-order valence-corrected chi connectivity index (χ3v) is 1.45. The highest BCUT2D eigenvalue weighted by Crippen LogP contribution is 1.98.